The van der Waals surface area contributed by atoms with Gasteiger partial charge in [0.2, 0.25) is 0 Å². The van der Waals surface area contributed by atoms with Crippen LogP contribution in [0.3, 0.4) is 0 Å². The predicted molar refractivity (Wildman–Crippen MR) is 87.3 cm³/mol. The van der Waals surface area contributed by atoms with Gasteiger partial charge in [-0.3, -0.25) is 0 Å². The molecule has 0 aromatic heterocycles. The molecule has 3 nitrogen and oxygen atoms in total. The number of aliphatic hydroxyl groups is 1. The maximum atomic E-state index is 9.45. The zero-order chi connectivity index (χ0) is 15.2. The lowest BCUT2D eigenvalue weighted by Crippen LogP contribution is -2.44. The third kappa shape index (κ3) is 4.22. The molecule has 0 spiro atoms. The lowest BCUT2D eigenvalue weighted by molar-refractivity contribution is 0.216. The van der Waals surface area contributed by atoms with E-state index in [1.54, 1.807) is 0 Å². The fourth-order valence-electron chi connectivity index (χ4n) is 2.20. The minimum atomic E-state index is -0.244. The molecule has 0 fully saturated rings. The molecular formula is C17H30N2O. The van der Waals surface area contributed by atoms with Crippen LogP contribution in [-0.2, 0) is 0 Å². The first-order chi connectivity index (χ1) is 9.46. The fraction of sp³-hybridized carbons (Fsp3) is 0.647. The normalized spacial score (nSPS) is 13.3. The molecule has 1 aromatic rings. The standard InChI is InChI=1S/C17H30N2O/c1-6-12-18-16(7-2)14-8-10-15(11-9-14)19(5)17(3,4)13-20/h8-11,16,18,20H,6-7,12-13H2,1-5H3. The zero-order valence-electron chi connectivity index (χ0n) is 13.6. The molecule has 1 atom stereocenters. The minimum Gasteiger partial charge on any atom is -0.394 e. The van der Waals surface area contributed by atoms with Gasteiger partial charge in [0.1, 0.15) is 0 Å². The summed E-state index contributed by atoms with van der Waals surface area (Å²) in [7, 11) is 2.03. The molecule has 0 aliphatic heterocycles. The quantitative estimate of drug-likeness (QED) is 0.765. The third-order valence-corrected chi connectivity index (χ3v) is 4.03. The number of rotatable bonds is 8. The third-order valence-electron chi connectivity index (χ3n) is 4.03. The van der Waals surface area contributed by atoms with E-state index in [4.69, 9.17) is 0 Å². The van der Waals surface area contributed by atoms with Gasteiger partial charge in [-0.1, -0.05) is 26.0 Å². The summed E-state index contributed by atoms with van der Waals surface area (Å²) < 4.78 is 0. The predicted octanol–water partition coefficient (Wildman–Crippen LogP) is 3.34. The van der Waals surface area contributed by atoms with Crippen LogP contribution in [0.1, 0.15) is 52.1 Å². The molecule has 0 aliphatic rings. The lowest BCUT2D eigenvalue weighted by Gasteiger charge is -2.36. The number of anilines is 1. The average molecular weight is 278 g/mol. The van der Waals surface area contributed by atoms with Gasteiger partial charge in [-0.25, -0.2) is 0 Å². The van der Waals surface area contributed by atoms with Gasteiger partial charge in [-0.2, -0.15) is 0 Å². The van der Waals surface area contributed by atoms with Crippen LogP contribution < -0.4 is 10.2 Å². The van der Waals surface area contributed by atoms with E-state index in [-0.39, 0.29) is 12.1 Å². The van der Waals surface area contributed by atoms with Crippen LogP contribution in [0.2, 0.25) is 0 Å². The number of nitrogens with one attached hydrogen (secondary N) is 1. The van der Waals surface area contributed by atoms with Gasteiger partial charge in [0.25, 0.3) is 0 Å². The molecule has 0 bridgehead atoms. The Hall–Kier alpha value is -1.06. The van der Waals surface area contributed by atoms with Crippen LogP contribution in [0.4, 0.5) is 5.69 Å². The highest BCUT2D eigenvalue weighted by molar-refractivity contribution is 5.49. The van der Waals surface area contributed by atoms with Crippen LogP contribution in [0.5, 0.6) is 0 Å². The average Bonchev–Trinajstić information content (AvgIpc) is 2.48. The van der Waals surface area contributed by atoms with Gasteiger partial charge in [0.15, 0.2) is 0 Å². The number of likely N-dealkylation sites (N-methyl/N-ethyl adjacent to an activating group) is 1. The lowest BCUT2D eigenvalue weighted by atomic mass is 10.0. The van der Waals surface area contributed by atoms with Crippen LogP contribution in [0, 0.1) is 0 Å². The summed E-state index contributed by atoms with van der Waals surface area (Å²) in [5.74, 6) is 0. The van der Waals surface area contributed by atoms with Crippen LogP contribution in [0.25, 0.3) is 0 Å². The van der Waals surface area contributed by atoms with Gasteiger partial charge in [0.05, 0.1) is 12.1 Å². The molecule has 1 unspecified atom stereocenters. The van der Waals surface area contributed by atoms with Gasteiger partial charge >= 0.3 is 0 Å². The summed E-state index contributed by atoms with van der Waals surface area (Å²) in [4.78, 5) is 2.12. The smallest absolute Gasteiger partial charge is 0.0658 e. The van der Waals surface area contributed by atoms with Crippen LogP contribution in [0.15, 0.2) is 24.3 Å². The maximum absolute atomic E-state index is 9.45. The molecule has 3 heteroatoms. The minimum absolute atomic E-state index is 0.140. The summed E-state index contributed by atoms with van der Waals surface area (Å²) in [6.45, 7) is 9.67. The van der Waals surface area contributed by atoms with Crippen molar-refractivity contribution < 1.29 is 5.11 Å². The van der Waals surface area contributed by atoms with Gasteiger partial charge in [-0.15, -0.1) is 0 Å². The number of aliphatic hydroxyl groups excluding tert-OH is 1. The van der Waals surface area contributed by atoms with Crippen molar-refractivity contribution in [2.24, 2.45) is 0 Å². The Morgan fingerprint density at radius 3 is 2.25 bits per heavy atom. The Balaban J connectivity index is 2.82. The summed E-state index contributed by atoms with van der Waals surface area (Å²) in [6.07, 6.45) is 2.25. The first-order valence-corrected chi connectivity index (χ1v) is 7.64. The zero-order valence-corrected chi connectivity index (χ0v) is 13.6. The second-order valence-corrected chi connectivity index (χ2v) is 6.04. The summed E-state index contributed by atoms with van der Waals surface area (Å²) in [5, 5.41) is 13.0. The Kier molecular flexibility index (Phi) is 6.50. The van der Waals surface area contributed by atoms with Gasteiger partial charge in [-0.05, 0) is 50.9 Å². The van der Waals surface area contributed by atoms with Crippen molar-refractivity contribution >= 4 is 5.69 Å². The molecule has 114 valence electrons. The molecule has 0 radical (unpaired) electrons. The van der Waals surface area contributed by atoms with Crippen molar-refractivity contribution in [1.29, 1.82) is 0 Å². The molecule has 1 rings (SSSR count). The van der Waals surface area contributed by atoms with E-state index >= 15 is 0 Å². The number of hydrogen-bond acceptors (Lipinski definition) is 3. The highest BCUT2D eigenvalue weighted by Crippen LogP contribution is 2.25. The van der Waals surface area contributed by atoms with E-state index in [1.807, 2.05) is 20.9 Å². The molecular weight excluding hydrogens is 248 g/mol. The second-order valence-electron chi connectivity index (χ2n) is 6.04. The first-order valence-electron chi connectivity index (χ1n) is 7.64. The molecule has 1 aromatic carbocycles. The molecule has 0 heterocycles. The first kappa shape index (κ1) is 17.0. The number of benzene rings is 1. The van der Waals surface area contributed by atoms with Gasteiger partial charge < -0.3 is 15.3 Å². The second kappa shape index (κ2) is 7.65. The van der Waals surface area contributed by atoms with E-state index in [0.717, 1.165) is 25.1 Å². The highest BCUT2D eigenvalue weighted by atomic mass is 16.3. The summed E-state index contributed by atoms with van der Waals surface area (Å²) in [5.41, 5.74) is 2.23. The fourth-order valence-corrected chi connectivity index (χ4v) is 2.20. The van der Waals surface area contributed by atoms with Crippen molar-refractivity contribution in [3.05, 3.63) is 29.8 Å². The Labute approximate surface area is 124 Å². The largest absolute Gasteiger partial charge is 0.394 e. The molecule has 0 aliphatic carbocycles. The van der Waals surface area contributed by atoms with Crippen molar-refractivity contribution in [2.75, 3.05) is 25.1 Å². The molecule has 0 saturated carbocycles. The summed E-state index contributed by atoms with van der Waals surface area (Å²) >= 11 is 0. The Morgan fingerprint density at radius 2 is 1.80 bits per heavy atom. The van der Waals surface area contributed by atoms with E-state index in [1.165, 1.54) is 5.56 Å². The van der Waals surface area contributed by atoms with E-state index < -0.39 is 0 Å². The molecule has 20 heavy (non-hydrogen) atoms. The number of nitrogens with zero attached hydrogens (tertiary/aromatic N) is 1. The monoisotopic (exact) mass is 278 g/mol. The van der Waals surface area contributed by atoms with E-state index in [0.29, 0.717) is 6.04 Å². The molecule has 0 amide bonds. The summed E-state index contributed by atoms with van der Waals surface area (Å²) in [6, 6.07) is 9.10. The van der Waals surface area contributed by atoms with Crippen LogP contribution >= 0.6 is 0 Å². The Bertz CT molecular complexity index is 386. The van der Waals surface area contributed by atoms with Crippen LogP contribution in [-0.4, -0.2) is 30.8 Å². The highest BCUT2D eigenvalue weighted by Gasteiger charge is 2.22. The van der Waals surface area contributed by atoms with Crippen molar-refractivity contribution in [1.82, 2.24) is 5.32 Å². The Morgan fingerprint density at radius 1 is 1.20 bits per heavy atom. The molecule has 0 saturated heterocycles. The van der Waals surface area contributed by atoms with E-state index in [2.05, 4.69) is 48.3 Å². The maximum Gasteiger partial charge on any atom is 0.0658 e. The van der Waals surface area contributed by atoms with E-state index in [9.17, 15) is 5.11 Å². The van der Waals surface area contributed by atoms with Crippen molar-refractivity contribution in [3.8, 4) is 0 Å². The van der Waals surface area contributed by atoms with Crippen molar-refractivity contribution in [3.63, 3.8) is 0 Å². The van der Waals surface area contributed by atoms with Crippen molar-refractivity contribution in [2.45, 2.75) is 52.1 Å². The topological polar surface area (TPSA) is 35.5 Å². The molecule has 2 N–H and O–H groups in total. The van der Waals surface area contributed by atoms with Gasteiger partial charge in [0, 0.05) is 18.8 Å². The number of hydrogen-bond donors (Lipinski definition) is 2. The SMILES string of the molecule is CCCNC(CC)c1ccc(N(C)C(C)(C)CO)cc1.